The largest absolute Gasteiger partial charge is 0.382 e. The van der Waals surface area contributed by atoms with Crippen LogP contribution in [-0.4, -0.2) is 28.5 Å². The van der Waals surface area contributed by atoms with E-state index in [0.717, 1.165) is 23.7 Å². The van der Waals surface area contributed by atoms with Gasteiger partial charge in [-0.2, -0.15) is 0 Å². The number of aromatic nitrogens is 2. The SMILES string of the molecule is CCCCCCCCSc1nc(N)c(/C=N/CCC)nc1Cl. The molecule has 0 radical (unpaired) electrons. The molecule has 0 unspecified atom stereocenters. The smallest absolute Gasteiger partial charge is 0.162 e. The molecular weight excluding hydrogens is 316 g/mol. The first-order valence-electron chi connectivity index (χ1n) is 8.14. The predicted octanol–water partition coefficient (Wildman–Crippen LogP) is 4.99. The number of nitrogens with two attached hydrogens (primary N) is 1. The minimum Gasteiger partial charge on any atom is -0.382 e. The molecule has 4 nitrogen and oxygen atoms in total. The lowest BCUT2D eigenvalue weighted by Crippen LogP contribution is -2.03. The molecule has 0 bridgehead atoms. The maximum absolute atomic E-state index is 6.18. The second-order valence-electron chi connectivity index (χ2n) is 5.24. The second kappa shape index (κ2) is 11.7. The Kier molecular flexibility index (Phi) is 10.2. The molecule has 22 heavy (non-hydrogen) atoms. The van der Waals surface area contributed by atoms with Crippen molar-refractivity contribution in [2.45, 2.75) is 63.8 Å². The molecule has 0 aliphatic rings. The zero-order chi connectivity index (χ0) is 16.2. The van der Waals surface area contributed by atoms with Crippen molar-refractivity contribution >= 4 is 35.4 Å². The lowest BCUT2D eigenvalue weighted by Gasteiger charge is -2.06. The Morgan fingerprint density at radius 1 is 1.09 bits per heavy atom. The molecule has 0 fully saturated rings. The van der Waals surface area contributed by atoms with Gasteiger partial charge >= 0.3 is 0 Å². The molecule has 0 aliphatic heterocycles. The van der Waals surface area contributed by atoms with E-state index in [0.29, 0.717) is 16.7 Å². The Bertz CT molecular complexity index is 466. The van der Waals surface area contributed by atoms with Gasteiger partial charge in [0, 0.05) is 6.54 Å². The van der Waals surface area contributed by atoms with Crippen molar-refractivity contribution in [2.75, 3.05) is 18.0 Å². The molecule has 0 spiro atoms. The molecule has 1 heterocycles. The highest BCUT2D eigenvalue weighted by Crippen LogP contribution is 2.26. The summed E-state index contributed by atoms with van der Waals surface area (Å²) in [6.07, 6.45) is 10.3. The van der Waals surface area contributed by atoms with Crippen LogP contribution in [0.25, 0.3) is 0 Å². The first kappa shape index (κ1) is 19.2. The number of anilines is 1. The number of aliphatic imine (C=N–C) groups is 1. The average molecular weight is 343 g/mol. The third-order valence-electron chi connectivity index (χ3n) is 3.18. The van der Waals surface area contributed by atoms with Gasteiger partial charge < -0.3 is 5.73 Å². The Morgan fingerprint density at radius 2 is 1.82 bits per heavy atom. The second-order valence-corrected chi connectivity index (χ2v) is 6.68. The number of unbranched alkanes of at least 4 members (excludes halogenated alkanes) is 5. The number of thioether (sulfide) groups is 1. The number of hydrogen-bond acceptors (Lipinski definition) is 5. The van der Waals surface area contributed by atoms with Gasteiger partial charge in [0.25, 0.3) is 0 Å². The Balaban J connectivity index is 2.42. The molecule has 1 aromatic heterocycles. The number of hydrogen-bond donors (Lipinski definition) is 1. The van der Waals surface area contributed by atoms with Crippen LogP contribution in [0.1, 0.15) is 64.5 Å². The summed E-state index contributed by atoms with van der Waals surface area (Å²) in [5, 5.41) is 1.14. The van der Waals surface area contributed by atoms with Crippen molar-refractivity contribution in [2.24, 2.45) is 4.99 Å². The van der Waals surface area contributed by atoms with Crippen LogP contribution < -0.4 is 5.73 Å². The summed E-state index contributed by atoms with van der Waals surface area (Å²) < 4.78 is 0. The lowest BCUT2D eigenvalue weighted by molar-refractivity contribution is 0.627. The molecule has 6 heteroatoms. The Hall–Kier alpha value is -0.810. The molecule has 0 amide bonds. The minimum atomic E-state index is 0.398. The first-order valence-corrected chi connectivity index (χ1v) is 9.51. The fourth-order valence-electron chi connectivity index (χ4n) is 1.94. The van der Waals surface area contributed by atoms with Gasteiger partial charge in [-0.15, -0.1) is 11.8 Å². The van der Waals surface area contributed by atoms with Crippen molar-refractivity contribution in [3.8, 4) is 0 Å². The van der Waals surface area contributed by atoms with Crippen LogP contribution in [0.5, 0.6) is 0 Å². The van der Waals surface area contributed by atoms with Gasteiger partial charge in [-0.05, 0) is 18.6 Å². The highest BCUT2D eigenvalue weighted by Gasteiger charge is 2.09. The summed E-state index contributed by atoms with van der Waals surface area (Å²) in [5.74, 6) is 1.40. The molecule has 0 atom stereocenters. The first-order chi connectivity index (χ1) is 10.7. The molecular formula is C16H27ClN4S. The van der Waals surface area contributed by atoms with Crippen molar-refractivity contribution in [3.63, 3.8) is 0 Å². The van der Waals surface area contributed by atoms with Gasteiger partial charge in [-0.3, -0.25) is 4.99 Å². The van der Waals surface area contributed by atoms with Gasteiger partial charge in [0.2, 0.25) is 0 Å². The van der Waals surface area contributed by atoms with E-state index in [2.05, 4.69) is 28.8 Å². The van der Waals surface area contributed by atoms with Crippen molar-refractivity contribution in [1.29, 1.82) is 0 Å². The standard InChI is InChI=1S/C16H27ClN4S/c1-3-5-6-7-8-9-11-22-16-14(17)20-13(15(18)21-16)12-19-10-4-2/h12H,3-11H2,1-2H3,(H2,18,21)/b19-12+. The lowest BCUT2D eigenvalue weighted by atomic mass is 10.1. The summed E-state index contributed by atoms with van der Waals surface area (Å²) in [6.45, 7) is 5.06. The normalized spacial score (nSPS) is 11.4. The fourth-order valence-corrected chi connectivity index (χ4v) is 3.11. The summed E-state index contributed by atoms with van der Waals surface area (Å²) in [5.41, 5.74) is 6.48. The number of rotatable bonds is 11. The van der Waals surface area contributed by atoms with Crippen LogP contribution in [0.3, 0.4) is 0 Å². The van der Waals surface area contributed by atoms with Gasteiger partial charge in [-0.25, -0.2) is 9.97 Å². The summed E-state index contributed by atoms with van der Waals surface area (Å²) in [4.78, 5) is 12.9. The van der Waals surface area contributed by atoms with E-state index in [1.54, 1.807) is 18.0 Å². The molecule has 0 aromatic carbocycles. The molecule has 2 N–H and O–H groups in total. The van der Waals surface area contributed by atoms with Crippen molar-refractivity contribution in [3.05, 3.63) is 10.8 Å². The zero-order valence-electron chi connectivity index (χ0n) is 13.6. The third-order valence-corrected chi connectivity index (χ3v) is 4.61. The summed E-state index contributed by atoms with van der Waals surface area (Å²) >= 11 is 7.82. The van der Waals surface area contributed by atoms with Crippen LogP contribution >= 0.6 is 23.4 Å². The monoisotopic (exact) mass is 342 g/mol. The number of nitrogen functional groups attached to an aromatic ring is 1. The molecule has 1 aromatic rings. The highest BCUT2D eigenvalue weighted by atomic mass is 35.5. The van der Waals surface area contributed by atoms with E-state index in [1.165, 1.54) is 38.5 Å². The molecule has 124 valence electrons. The van der Waals surface area contributed by atoms with Crippen LogP contribution in [0, 0.1) is 0 Å². The zero-order valence-corrected chi connectivity index (χ0v) is 15.2. The summed E-state index contributed by atoms with van der Waals surface area (Å²) in [6, 6.07) is 0. The quantitative estimate of drug-likeness (QED) is 0.349. The molecule has 0 saturated heterocycles. The molecule has 1 rings (SSSR count). The van der Waals surface area contributed by atoms with Crippen LogP contribution in [-0.2, 0) is 0 Å². The molecule has 0 aliphatic carbocycles. The van der Waals surface area contributed by atoms with E-state index in [9.17, 15) is 0 Å². The van der Waals surface area contributed by atoms with Gasteiger partial charge in [0.15, 0.2) is 11.0 Å². The van der Waals surface area contributed by atoms with Crippen molar-refractivity contribution < 1.29 is 0 Å². The Morgan fingerprint density at radius 3 is 2.55 bits per heavy atom. The van der Waals surface area contributed by atoms with E-state index in [-0.39, 0.29) is 0 Å². The highest BCUT2D eigenvalue weighted by molar-refractivity contribution is 7.99. The van der Waals surface area contributed by atoms with E-state index >= 15 is 0 Å². The fraction of sp³-hybridized carbons (Fsp3) is 0.688. The maximum atomic E-state index is 6.18. The van der Waals surface area contributed by atoms with Crippen LogP contribution in [0.2, 0.25) is 5.15 Å². The summed E-state index contributed by atoms with van der Waals surface area (Å²) in [7, 11) is 0. The number of halogens is 1. The average Bonchev–Trinajstić information content (AvgIpc) is 2.50. The van der Waals surface area contributed by atoms with Gasteiger partial charge in [-0.1, -0.05) is 57.6 Å². The maximum Gasteiger partial charge on any atom is 0.162 e. The van der Waals surface area contributed by atoms with Crippen LogP contribution in [0.15, 0.2) is 10.0 Å². The van der Waals surface area contributed by atoms with Crippen molar-refractivity contribution in [1.82, 2.24) is 9.97 Å². The predicted molar refractivity (Wildman–Crippen MR) is 98.3 cm³/mol. The Labute approximate surface area is 143 Å². The molecule has 0 saturated carbocycles. The van der Waals surface area contributed by atoms with E-state index in [1.807, 2.05) is 0 Å². The third kappa shape index (κ3) is 7.45. The minimum absolute atomic E-state index is 0.398. The van der Waals surface area contributed by atoms with E-state index in [4.69, 9.17) is 17.3 Å². The topological polar surface area (TPSA) is 64.2 Å². The van der Waals surface area contributed by atoms with Gasteiger partial charge in [0.05, 0.1) is 6.21 Å². The van der Waals surface area contributed by atoms with E-state index < -0.39 is 0 Å². The number of nitrogens with zero attached hydrogens (tertiary/aromatic N) is 3. The van der Waals surface area contributed by atoms with Gasteiger partial charge in [0.1, 0.15) is 10.7 Å². The van der Waals surface area contributed by atoms with Crippen LogP contribution in [0.4, 0.5) is 5.82 Å².